The Balaban J connectivity index is 2.52. The second kappa shape index (κ2) is 5.04. The normalized spacial score (nSPS) is 19.3. The maximum Gasteiger partial charge on any atom is 0.195 e. The van der Waals surface area contributed by atoms with Crippen LogP contribution in [-0.4, -0.2) is 14.8 Å². The summed E-state index contributed by atoms with van der Waals surface area (Å²) < 4.78 is 3.01. The molecule has 0 unspecified atom stereocenters. The number of hydrogen-bond donors (Lipinski definition) is 1. The van der Waals surface area contributed by atoms with Crippen LogP contribution in [0, 0.1) is 10.7 Å². The van der Waals surface area contributed by atoms with Gasteiger partial charge in [0.2, 0.25) is 0 Å². The van der Waals surface area contributed by atoms with Gasteiger partial charge in [0, 0.05) is 11.0 Å². The number of rotatable bonds is 3. The molecule has 4 heteroatoms. The van der Waals surface area contributed by atoms with E-state index >= 15 is 0 Å². The first-order valence-corrected chi connectivity index (χ1v) is 7.85. The highest BCUT2D eigenvalue weighted by molar-refractivity contribution is 7.71. The maximum atomic E-state index is 5.46. The zero-order valence-electron chi connectivity index (χ0n) is 12.9. The van der Waals surface area contributed by atoms with Crippen LogP contribution in [-0.2, 0) is 11.0 Å². The van der Waals surface area contributed by atoms with Gasteiger partial charge in [-0.15, -0.1) is 0 Å². The van der Waals surface area contributed by atoms with Gasteiger partial charge >= 0.3 is 0 Å². The average molecular weight is 281 g/mol. The van der Waals surface area contributed by atoms with E-state index in [9.17, 15) is 0 Å². The molecule has 0 aliphatic heterocycles. The number of H-pyrrole nitrogens is 1. The van der Waals surface area contributed by atoms with Crippen molar-refractivity contribution in [1.29, 1.82) is 0 Å². The summed E-state index contributed by atoms with van der Waals surface area (Å²) in [6, 6.07) is 0. The van der Waals surface area contributed by atoms with E-state index in [-0.39, 0.29) is 11.0 Å². The molecular weight excluding hydrogens is 254 g/mol. The zero-order chi connectivity index (χ0) is 14.3. The molecule has 1 aliphatic rings. The van der Waals surface area contributed by atoms with Crippen molar-refractivity contribution in [2.75, 3.05) is 0 Å². The summed E-state index contributed by atoms with van der Waals surface area (Å²) in [6.45, 7) is 11.2. The van der Waals surface area contributed by atoms with Crippen molar-refractivity contribution in [3.8, 4) is 0 Å². The molecule has 0 spiro atoms. The Morgan fingerprint density at radius 2 is 1.89 bits per heavy atom. The van der Waals surface area contributed by atoms with Crippen LogP contribution in [0.4, 0.5) is 0 Å². The molecule has 1 aromatic rings. The Morgan fingerprint density at radius 1 is 1.32 bits per heavy atom. The summed E-state index contributed by atoms with van der Waals surface area (Å²) in [5.74, 6) is 1.88. The summed E-state index contributed by atoms with van der Waals surface area (Å²) in [5, 5.41) is 7.67. The largest absolute Gasteiger partial charge is 0.298 e. The average Bonchev–Trinajstić information content (AvgIpc) is 2.83. The molecule has 0 amide bonds. The van der Waals surface area contributed by atoms with Gasteiger partial charge < -0.3 is 0 Å². The van der Waals surface area contributed by atoms with Crippen molar-refractivity contribution in [1.82, 2.24) is 14.8 Å². The fourth-order valence-electron chi connectivity index (χ4n) is 3.63. The van der Waals surface area contributed by atoms with Crippen LogP contribution in [0.2, 0.25) is 0 Å². The molecule has 108 valence electrons. The second-order valence-electron chi connectivity index (χ2n) is 7.44. The van der Waals surface area contributed by atoms with Gasteiger partial charge in [-0.3, -0.25) is 9.67 Å². The van der Waals surface area contributed by atoms with E-state index in [4.69, 9.17) is 12.2 Å². The minimum Gasteiger partial charge on any atom is -0.298 e. The van der Waals surface area contributed by atoms with E-state index in [0.29, 0.717) is 5.92 Å². The first-order chi connectivity index (χ1) is 8.76. The highest BCUT2D eigenvalue weighted by Gasteiger charge is 2.41. The summed E-state index contributed by atoms with van der Waals surface area (Å²) in [6.07, 6.45) is 6.34. The number of nitrogens with zero attached hydrogens (tertiary/aromatic N) is 2. The number of aromatic amines is 1. The van der Waals surface area contributed by atoms with Crippen LogP contribution >= 0.6 is 12.2 Å². The van der Waals surface area contributed by atoms with Gasteiger partial charge in [0.25, 0.3) is 0 Å². The number of aromatic nitrogens is 3. The first-order valence-electron chi connectivity index (χ1n) is 7.45. The lowest BCUT2D eigenvalue weighted by atomic mass is 9.77. The maximum absolute atomic E-state index is 5.46. The number of hydrogen-bond acceptors (Lipinski definition) is 2. The lowest BCUT2D eigenvalue weighted by molar-refractivity contribution is 0.282. The van der Waals surface area contributed by atoms with Crippen molar-refractivity contribution < 1.29 is 0 Å². The molecule has 0 saturated heterocycles. The number of nitrogens with one attached hydrogen (secondary N) is 1. The lowest BCUT2D eigenvalue weighted by Gasteiger charge is -2.34. The third kappa shape index (κ3) is 2.78. The Morgan fingerprint density at radius 3 is 2.37 bits per heavy atom. The molecule has 1 aliphatic carbocycles. The Bertz CT molecular complexity index is 484. The third-order valence-electron chi connectivity index (χ3n) is 4.18. The summed E-state index contributed by atoms with van der Waals surface area (Å²) in [5.41, 5.74) is 0.223. The second-order valence-corrected chi connectivity index (χ2v) is 7.83. The van der Waals surface area contributed by atoms with Crippen LogP contribution in [0.3, 0.4) is 0 Å². The first kappa shape index (κ1) is 14.8. The van der Waals surface area contributed by atoms with Crippen LogP contribution in [0.25, 0.3) is 0 Å². The van der Waals surface area contributed by atoms with Crippen molar-refractivity contribution >= 4 is 12.2 Å². The molecule has 19 heavy (non-hydrogen) atoms. The zero-order valence-corrected chi connectivity index (χ0v) is 13.7. The highest BCUT2D eigenvalue weighted by atomic mass is 32.1. The monoisotopic (exact) mass is 281 g/mol. The van der Waals surface area contributed by atoms with Gasteiger partial charge in [-0.25, -0.2) is 0 Å². The minimum absolute atomic E-state index is 0.00795. The van der Waals surface area contributed by atoms with Crippen molar-refractivity contribution in [3.63, 3.8) is 0 Å². The molecule has 1 aromatic heterocycles. The predicted molar refractivity (Wildman–Crippen MR) is 82.0 cm³/mol. The summed E-state index contributed by atoms with van der Waals surface area (Å²) in [7, 11) is 0. The fraction of sp³-hybridized carbons (Fsp3) is 0.867. The van der Waals surface area contributed by atoms with Crippen LogP contribution in [0.15, 0.2) is 0 Å². The Hall–Kier alpha value is -0.640. The SMILES string of the molecule is CC(C)CC1(c2n[nH]c(=S)n2C(C)(C)C)CCCC1. The lowest BCUT2D eigenvalue weighted by Crippen LogP contribution is -2.34. The Labute approximate surface area is 121 Å². The third-order valence-corrected chi connectivity index (χ3v) is 4.45. The molecule has 0 atom stereocenters. The molecule has 0 aromatic carbocycles. The molecule has 3 nitrogen and oxygen atoms in total. The van der Waals surface area contributed by atoms with E-state index in [1.807, 2.05) is 0 Å². The van der Waals surface area contributed by atoms with Crippen LogP contribution < -0.4 is 0 Å². The molecule has 0 radical (unpaired) electrons. The summed E-state index contributed by atoms with van der Waals surface area (Å²) >= 11 is 5.46. The molecule has 1 N–H and O–H groups in total. The van der Waals surface area contributed by atoms with Gasteiger partial charge in [0.1, 0.15) is 5.82 Å². The molecule has 0 bridgehead atoms. The van der Waals surface area contributed by atoms with E-state index in [2.05, 4.69) is 49.4 Å². The van der Waals surface area contributed by atoms with E-state index in [1.54, 1.807) is 0 Å². The fourth-order valence-corrected chi connectivity index (χ4v) is 4.03. The molecule has 2 rings (SSSR count). The van der Waals surface area contributed by atoms with Crippen LogP contribution in [0.5, 0.6) is 0 Å². The van der Waals surface area contributed by atoms with Gasteiger partial charge in [0.15, 0.2) is 4.77 Å². The van der Waals surface area contributed by atoms with Gasteiger partial charge in [0.05, 0.1) is 0 Å². The van der Waals surface area contributed by atoms with E-state index < -0.39 is 0 Å². The quantitative estimate of drug-likeness (QED) is 0.824. The molecule has 1 fully saturated rings. The Kier molecular flexibility index (Phi) is 3.92. The summed E-state index contributed by atoms with van der Waals surface area (Å²) in [4.78, 5) is 0. The van der Waals surface area contributed by atoms with E-state index in [1.165, 1.54) is 37.9 Å². The minimum atomic E-state index is -0.00795. The van der Waals surface area contributed by atoms with Crippen molar-refractivity contribution in [2.45, 2.75) is 77.7 Å². The molecule has 1 saturated carbocycles. The van der Waals surface area contributed by atoms with Gasteiger partial charge in [-0.05, 0) is 58.2 Å². The molecular formula is C15H27N3S. The topological polar surface area (TPSA) is 33.6 Å². The van der Waals surface area contributed by atoms with Gasteiger partial charge in [-0.2, -0.15) is 5.10 Å². The van der Waals surface area contributed by atoms with E-state index in [0.717, 1.165) is 4.77 Å². The van der Waals surface area contributed by atoms with Crippen molar-refractivity contribution in [2.24, 2.45) is 5.92 Å². The van der Waals surface area contributed by atoms with Crippen LogP contribution in [0.1, 0.15) is 72.5 Å². The molecule has 1 heterocycles. The highest BCUT2D eigenvalue weighted by Crippen LogP contribution is 2.45. The smallest absolute Gasteiger partial charge is 0.195 e. The predicted octanol–water partition coefficient (Wildman–Crippen LogP) is 4.55. The van der Waals surface area contributed by atoms with Gasteiger partial charge in [-0.1, -0.05) is 26.7 Å². The van der Waals surface area contributed by atoms with Crippen molar-refractivity contribution in [3.05, 3.63) is 10.6 Å². The standard InChI is InChI=1S/C15H27N3S/c1-11(2)10-15(8-6-7-9-15)12-16-17-13(19)18(12)14(3,4)5/h11H,6-10H2,1-5H3,(H,17,19).